The molecule has 2 aromatic carbocycles. The molecule has 0 N–H and O–H groups in total. The Kier molecular flexibility index (Phi) is 6.98. The normalized spacial score (nSPS) is 10.5. The summed E-state index contributed by atoms with van der Waals surface area (Å²) in [5.41, 5.74) is 0.440. The van der Waals surface area contributed by atoms with Gasteiger partial charge in [-0.3, -0.25) is 14.9 Å². The lowest BCUT2D eigenvalue weighted by Gasteiger charge is -2.07. The number of methoxy groups -OCH3 is 1. The maximum Gasteiger partial charge on any atom is 0.338 e. The summed E-state index contributed by atoms with van der Waals surface area (Å²) in [6.07, 6.45) is 0. The van der Waals surface area contributed by atoms with Gasteiger partial charge < -0.3 is 9.47 Å². The molecule has 0 unspecified atom stereocenters. The molecule has 0 bridgehead atoms. The zero-order valence-corrected chi connectivity index (χ0v) is 17.9. The van der Waals surface area contributed by atoms with Gasteiger partial charge in [-0.25, -0.2) is 14.2 Å². The molecule has 11 heteroatoms. The molecular formula is C20H15FN2O6S2. The van der Waals surface area contributed by atoms with E-state index in [0.717, 1.165) is 29.6 Å². The van der Waals surface area contributed by atoms with Crippen LogP contribution in [0.3, 0.4) is 0 Å². The van der Waals surface area contributed by atoms with Crippen LogP contribution in [0.25, 0.3) is 0 Å². The Morgan fingerprint density at radius 1 is 1.23 bits per heavy atom. The Labute approximate surface area is 184 Å². The quantitative estimate of drug-likeness (QED) is 0.205. The van der Waals surface area contributed by atoms with Gasteiger partial charge in [0, 0.05) is 22.7 Å². The number of ether oxygens (including phenoxy) is 2. The molecule has 3 aromatic rings. The number of hydrogen-bond donors (Lipinski definition) is 0. The largest absolute Gasteiger partial charge is 0.494 e. The predicted molar refractivity (Wildman–Crippen MR) is 112 cm³/mol. The number of hydrogen-bond acceptors (Lipinski definition) is 9. The van der Waals surface area contributed by atoms with Crippen LogP contribution in [0, 0.1) is 22.9 Å². The van der Waals surface area contributed by atoms with E-state index in [9.17, 15) is 24.1 Å². The number of nitrogens with zero attached hydrogens (tertiary/aromatic N) is 2. The van der Waals surface area contributed by atoms with Crippen molar-refractivity contribution < 1.29 is 28.4 Å². The molecule has 31 heavy (non-hydrogen) atoms. The van der Waals surface area contributed by atoms with E-state index in [4.69, 9.17) is 9.47 Å². The average Bonchev–Trinajstić information content (AvgIpc) is 3.16. The highest BCUT2D eigenvalue weighted by Gasteiger charge is 2.21. The van der Waals surface area contributed by atoms with Crippen LogP contribution in [-0.2, 0) is 4.74 Å². The number of thiazole rings is 1. The summed E-state index contributed by atoms with van der Waals surface area (Å²) < 4.78 is 24.1. The molecule has 0 atom stereocenters. The van der Waals surface area contributed by atoms with Crippen molar-refractivity contribution in [1.29, 1.82) is 0 Å². The van der Waals surface area contributed by atoms with E-state index in [2.05, 4.69) is 4.98 Å². The van der Waals surface area contributed by atoms with Gasteiger partial charge in [0.15, 0.2) is 28.3 Å². The predicted octanol–water partition coefficient (Wildman–Crippen LogP) is 4.70. The number of benzene rings is 2. The molecule has 0 aliphatic rings. The van der Waals surface area contributed by atoms with Gasteiger partial charge in [0.2, 0.25) is 0 Å². The summed E-state index contributed by atoms with van der Waals surface area (Å²) in [7, 11) is 1.29. The molecule has 0 spiro atoms. The van der Waals surface area contributed by atoms with Crippen LogP contribution in [0.2, 0.25) is 0 Å². The maximum atomic E-state index is 13.7. The Balaban J connectivity index is 1.71. The number of carbonyl (C=O) groups is 2. The van der Waals surface area contributed by atoms with Gasteiger partial charge in [-0.05, 0) is 37.3 Å². The Morgan fingerprint density at radius 3 is 2.58 bits per heavy atom. The monoisotopic (exact) mass is 462 g/mol. The third kappa shape index (κ3) is 5.44. The van der Waals surface area contributed by atoms with Crippen LogP contribution in [0.4, 0.5) is 10.1 Å². The standard InChI is InChI=1S/C20H15FN2O6S2/c1-11-10-30-20(22-11)31-18-6-4-13(8-15(18)23(26)27)19(25)29-9-16(24)12-3-5-17(28-2)14(21)7-12/h3-8,10H,9H2,1-2H3. The molecule has 0 saturated heterocycles. The fraction of sp³-hybridized carbons (Fsp3) is 0.150. The third-order valence-electron chi connectivity index (χ3n) is 3.99. The molecule has 0 fully saturated rings. The van der Waals surface area contributed by atoms with Crippen LogP contribution in [0.5, 0.6) is 5.75 Å². The number of nitro groups is 1. The van der Waals surface area contributed by atoms with E-state index >= 15 is 0 Å². The lowest BCUT2D eigenvalue weighted by Crippen LogP contribution is -2.14. The van der Waals surface area contributed by atoms with Gasteiger partial charge in [0.25, 0.3) is 5.69 Å². The van der Waals surface area contributed by atoms with Gasteiger partial charge in [-0.15, -0.1) is 11.3 Å². The number of esters is 1. The van der Waals surface area contributed by atoms with E-state index in [1.165, 1.54) is 42.7 Å². The molecule has 8 nitrogen and oxygen atoms in total. The van der Waals surface area contributed by atoms with Crippen molar-refractivity contribution in [2.75, 3.05) is 13.7 Å². The van der Waals surface area contributed by atoms with Gasteiger partial charge in [-0.2, -0.15) is 0 Å². The second-order valence-corrected chi connectivity index (χ2v) is 8.29. The summed E-state index contributed by atoms with van der Waals surface area (Å²) in [6.45, 7) is 1.17. The molecule has 0 aliphatic heterocycles. The third-order valence-corrected chi connectivity index (χ3v) is 6.12. The van der Waals surface area contributed by atoms with E-state index in [1.807, 2.05) is 12.3 Å². The lowest BCUT2D eigenvalue weighted by molar-refractivity contribution is -0.387. The molecule has 0 aliphatic carbocycles. The van der Waals surface area contributed by atoms with Gasteiger partial charge in [0.1, 0.15) is 0 Å². The number of aromatic nitrogens is 1. The molecule has 160 valence electrons. The Morgan fingerprint density at radius 2 is 1.97 bits per heavy atom. The van der Waals surface area contributed by atoms with E-state index in [1.54, 1.807) is 0 Å². The van der Waals surface area contributed by atoms with Crippen molar-refractivity contribution >= 4 is 40.5 Å². The number of Topliss-reactive ketones (excluding diaryl/α,β-unsaturated/α-hetero) is 1. The molecule has 1 aromatic heterocycles. The smallest absolute Gasteiger partial charge is 0.338 e. The lowest BCUT2D eigenvalue weighted by atomic mass is 10.1. The van der Waals surface area contributed by atoms with Crippen LogP contribution in [0.1, 0.15) is 26.4 Å². The molecule has 0 saturated carbocycles. The number of carbonyl (C=O) groups excluding carboxylic acids is 2. The second kappa shape index (κ2) is 9.67. The minimum absolute atomic E-state index is 0.00238. The number of ketones is 1. The van der Waals surface area contributed by atoms with Crippen molar-refractivity contribution in [2.45, 2.75) is 16.2 Å². The number of nitro benzene ring substituents is 1. The van der Waals surface area contributed by atoms with Gasteiger partial charge in [-0.1, -0.05) is 11.8 Å². The van der Waals surface area contributed by atoms with Crippen molar-refractivity contribution in [3.8, 4) is 5.75 Å². The molecule has 3 rings (SSSR count). The number of rotatable bonds is 8. The van der Waals surface area contributed by atoms with Crippen LogP contribution in [-0.4, -0.2) is 35.4 Å². The first kappa shape index (κ1) is 22.4. The maximum absolute atomic E-state index is 13.7. The van der Waals surface area contributed by atoms with E-state index in [0.29, 0.717) is 9.24 Å². The van der Waals surface area contributed by atoms with Crippen LogP contribution in [0.15, 0.2) is 51.0 Å². The summed E-state index contributed by atoms with van der Waals surface area (Å²) in [5, 5.41) is 13.3. The zero-order valence-electron chi connectivity index (χ0n) is 16.3. The highest BCUT2D eigenvalue weighted by Crippen LogP contribution is 2.36. The Bertz CT molecular complexity index is 1160. The minimum Gasteiger partial charge on any atom is -0.494 e. The van der Waals surface area contributed by atoms with Crippen molar-refractivity contribution in [3.63, 3.8) is 0 Å². The first-order valence-corrected chi connectivity index (χ1v) is 10.4. The van der Waals surface area contributed by atoms with Crippen LogP contribution < -0.4 is 4.74 Å². The van der Waals surface area contributed by atoms with Gasteiger partial charge in [0.05, 0.1) is 22.5 Å². The molecular weight excluding hydrogens is 447 g/mol. The zero-order chi connectivity index (χ0) is 22.5. The topological polar surface area (TPSA) is 109 Å². The fourth-order valence-corrected chi connectivity index (χ4v) is 4.36. The van der Waals surface area contributed by atoms with Crippen LogP contribution >= 0.6 is 23.1 Å². The highest BCUT2D eigenvalue weighted by molar-refractivity contribution is 8.01. The summed E-state index contributed by atoms with van der Waals surface area (Å²) in [5.74, 6) is -2.28. The highest BCUT2D eigenvalue weighted by atomic mass is 32.2. The fourth-order valence-electron chi connectivity index (χ4n) is 2.48. The summed E-state index contributed by atoms with van der Waals surface area (Å²) >= 11 is 2.47. The summed E-state index contributed by atoms with van der Waals surface area (Å²) in [6, 6.07) is 7.49. The SMILES string of the molecule is COc1ccc(C(=O)COC(=O)c2ccc(Sc3nc(C)cs3)c([N+](=O)[O-])c2)cc1F. The van der Waals surface area contributed by atoms with Gasteiger partial charge >= 0.3 is 5.97 Å². The second-order valence-electron chi connectivity index (χ2n) is 6.15. The molecule has 1 heterocycles. The molecule has 0 radical (unpaired) electrons. The first-order chi connectivity index (χ1) is 14.8. The minimum atomic E-state index is -0.910. The van der Waals surface area contributed by atoms with Crippen molar-refractivity contribution in [2.24, 2.45) is 0 Å². The van der Waals surface area contributed by atoms with Crippen molar-refractivity contribution in [3.05, 3.63) is 74.5 Å². The summed E-state index contributed by atoms with van der Waals surface area (Å²) in [4.78, 5) is 39.9. The number of aryl methyl sites for hydroxylation is 1. The number of halogens is 1. The average molecular weight is 462 g/mol. The van der Waals surface area contributed by atoms with E-state index in [-0.39, 0.29) is 22.6 Å². The van der Waals surface area contributed by atoms with Crippen molar-refractivity contribution in [1.82, 2.24) is 4.98 Å². The first-order valence-electron chi connectivity index (χ1n) is 8.70. The molecule has 0 amide bonds. The van der Waals surface area contributed by atoms with E-state index < -0.39 is 29.1 Å². The Hall–Kier alpha value is -3.31.